The minimum Gasteiger partial charge on any atom is -0.464 e. The molecule has 0 aliphatic carbocycles. The van der Waals surface area contributed by atoms with Crippen molar-refractivity contribution in [1.29, 1.82) is 0 Å². The van der Waals surface area contributed by atoms with Crippen LogP contribution in [0, 0.1) is 0 Å². The third-order valence-corrected chi connectivity index (χ3v) is 11.6. The molecule has 2 aliphatic heterocycles. The molecule has 2 heterocycles. The molecule has 0 aromatic heterocycles. The monoisotopic (exact) mass is 962 g/mol. The van der Waals surface area contributed by atoms with Crippen LogP contribution in [0.2, 0.25) is 0 Å². The SMILES string of the molecule is CCOC(=O)[C@@H](O[C@H]1[C@H](OC[C@H]2O[C@H](OC)[C@H](OCc3ccccc3)[C@@H](OCc3ccccc3)[C@@H]2OCc2ccccc2)O[C@H](COC(C)=O)[C@@H](OCc2ccccc2)[C@@H]1OC(C)=O)c1ccccc1. The minimum absolute atomic E-state index is 0.0497. The summed E-state index contributed by atoms with van der Waals surface area (Å²) < 4.78 is 77.0. The van der Waals surface area contributed by atoms with Crippen molar-refractivity contribution in [2.75, 3.05) is 26.9 Å². The molecule has 15 nitrogen and oxygen atoms in total. The molecule has 2 fully saturated rings. The lowest BCUT2D eigenvalue weighted by atomic mass is 9.96. The molecule has 0 bridgehead atoms. The van der Waals surface area contributed by atoms with Crippen molar-refractivity contribution >= 4 is 17.9 Å². The highest BCUT2D eigenvalue weighted by Crippen LogP contribution is 2.36. The number of carbonyl (C=O) groups excluding carboxylic acids is 3. The van der Waals surface area contributed by atoms with E-state index in [1.54, 1.807) is 37.3 Å². The number of benzene rings is 5. The highest BCUT2D eigenvalue weighted by atomic mass is 16.8. The van der Waals surface area contributed by atoms with Crippen molar-refractivity contribution in [2.45, 2.75) is 115 Å². The Kier molecular flexibility index (Phi) is 20.0. The summed E-state index contributed by atoms with van der Waals surface area (Å²) in [5.74, 6) is -1.97. The first kappa shape index (κ1) is 52.0. The Morgan fingerprint density at radius 3 is 1.36 bits per heavy atom. The van der Waals surface area contributed by atoms with Gasteiger partial charge in [0.25, 0.3) is 0 Å². The van der Waals surface area contributed by atoms with Gasteiger partial charge in [-0.1, -0.05) is 152 Å². The van der Waals surface area contributed by atoms with Gasteiger partial charge in [-0.05, 0) is 34.7 Å². The van der Waals surface area contributed by atoms with Gasteiger partial charge in [0.2, 0.25) is 0 Å². The number of carbonyl (C=O) groups is 3. The number of rotatable bonds is 24. The molecule has 7 rings (SSSR count). The van der Waals surface area contributed by atoms with Crippen LogP contribution in [0.1, 0.15) is 54.7 Å². The molecule has 70 heavy (non-hydrogen) atoms. The van der Waals surface area contributed by atoms with Crippen LogP contribution in [-0.2, 0) is 97.7 Å². The summed E-state index contributed by atoms with van der Waals surface area (Å²) in [6.45, 7) is 4.34. The molecule has 0 radical (unpaired) electrons. The zero-order valence-corrected chi connectivity index (χ0v) is 39.9. The third kappa shape index (κ3) is 14.8. The van der Waals surface area contributed by atoms with E-state index in [1.165, 1.54) is 21.0 Å². The second-order valence-electron chi connectivity index (χ2n) is 16.7. The fourth-order valence-electron chi connectivity index (χ4n) is 8.32. The van der Waals surface area contributed by atoms with Crippen molar-refractivity contribution in [3.8, 4) is 0 Å². The van der Waals surface area contributed by atoms with Crippen LogP contribution in [0.4, 0.5) is 0 Å². The lowest BCUT2D eigenvalue weighted by Crippen LogP contribution is -2.64. The van der Waals surface area contributed by atoms with Crippen molar-refractivity contribution in [3.05, 3.63) is 179 Å². The number of esters is 3. The average molecular weight is 963 g/mol. The van der Waals surface area contributed by atoms with Crippen molar-refractivity contribution in [2.24, 2.45) is 0 Å². The molecule has 0 unspecified atom stereocenters. The van der Waals surface area contributed by atoms with Gasteiger partial charge < -0.3 is 56.8 Å². The first-order chi connectivity index (χ1) is 34.2. The van der Waals surface area contributed by atoms with Crippen LogP contribution in [0.3, 0.4) is 0 Å². The summed E-state index contributed by atoms with van der Waals surface area (Å²) in [7, 11) is 1.52. The number of hydrogen-bond acceptors (Lipinski definition) is 15. The smallest absolute Gasteiger partial charge is 0.339 e. The van der Waals surface area contributed by atoms with E-state index >= 15 is 0 Å². The summed E-state index contributed by atoms with van der Waals surface area (Å²) >= 11 is 0. The Hall–Kier alpha value is -5.85. The van der Waals surface area contributed by atoms with E-state index < -0.39 is 85.4 Å². The third-order valence-electron chi connectivity index (χ3n) is 11.6. The van der Waals surface area contributed by atoms with E-state index in [0.717, 1.165) is 22.3 Å². The van der Waals surface area contributed by atoms with Gasteiger partial charge >= 0.3 is 17.9 Å². The Morgan fingerprint density at radius 2 is 0.900 bits per heavy atom. The van der Waals surface area contributed by atoms with Gasteiger partial charge in [-0.15, -0.1) is 0 Å². The molecule has 0 N–H and O–H groups in total. The minimum atomic E-state index is -1.43. The predicted octanol–water partition coefficient (Wildman–Crippen LogP) is 7.63. The normalized spacial score (nSPS) is 24.8. The Morgan fingerprint density at radius 1 is 0.471 bits per heavy atom. The van der Waals surface area contributed by atoms with Crippen LogP contribution in [-0.4, -0.2) is 106 Å². The summed E-state index contributed by atoms with van der Waals surface area (Å²) in [6.07, 6.45) is -12.0. The van der Waals surface area contributed by atoms with Crippen molar-refractivity contribution in [3.63, 3.8) is 0 Å². The highest BCUT2D eigenvalue weighted by Gasteiger charge is 2.54. The first-order valence-corrected chi connectivity index (χ1v) is 23.5. The maximum atomic E-state index is 13.9. The van der Waals surface area contributed by atoms with Gasteiger partial charge in [0.15, 0.2) is 24.8 Å². The van der Waals surface area contributed by atoms with Gasteiger partial charge in [0, 0.05) is 21.0 Å². The highest BCUT2D eigenvalue weighted by molar-refractivity contribution is 5.76. The van der Waals surface area contributed by atoms with Crippen molar-refractivity contribution in [1.82, 2.24) is 0 Å². The largest absolute Gasteiger partial charge is 0.464 e. The maximum Gasteiger partial charge on any atom is 0.339 e. The molecule has 0 amide bonds. The summed E-state index contributed by atoms with van der Waals surface area (Å²) in [4.78, 5) is 39.4. The number of hydrogen-bond donors (Lipinski definition) is 0. The average Bonchev–Trinajstić information content (AvgIpc) is 3.38. The Bertz CT molecular complexity index is 2310. The van der Waals surface area contributed by atoms with Crippen molar-refractivity contribution < 1.29 is 71.2 Å². The fourth-order valence-corrected chi connectivity index (χ4v) is 8.32. The first-order valence-electron chi connectivity index (χ1n) is 23.5. The van der Waals surface area contributed by atoms with E-state index in [2.05, 4.69) is 0 Å². The molecule has 5 aromatic carbocycles. The van der Waals surface area contributed by atoms with Gasteiger partial charge in [0.1, 0.15) is 49.3 Å². The van der Waals surface area contributed by atoms with Crippen LogP contribution in [0.5, 0.6) is 0 Å². The second kappa shape index (κ2) is 26.9. The lowest BCUT2D eigenvalue weighted by Gasteiger charge is -2.47. The molecular formula is C55H62O15. The molecule has 0 spiro atoms. The summed E-state index contributed by atoms with van der Waals surface area (Å²) in [6, 6.07) is 47.3. The molecule has 2 aliphatic rings. The van der Waals surface area contributed by atoms with E-state index in [1.807, 2.05) is 121 Å². The van der Waals surface area contributed by atoms with E-state index in [4.69, 9.17) is 56.8 Å². The number of methoxy groups -OCH3 is 1. The molecule has 372 valence electrons. The quantitative estimate of drug-likeness (QED) is 0.0438. The van der Waals surface area contributed by atoms with Gasteiger partial charge in [0.05, 0.1) is 39.6 Å². The van der Waals surface area contributed by atoms with Crippen LogP contribution in [0.25, 0.3) is 0 Å². The second-order valence-corrected chi connectivity index (χ2v) is 16.7. The maximum absolute atomic E-state index is 13.9. The van der Waals surface area contributed by atoms with Crippen LogP contribution in [0.15, 0.2) is 152 Å². The summed E-state index contributed by atoms with van der Waals surface area (Å²) in [5, 5.41) is 0. The van der Waals surface area contributed by atoms with Crippen LogP contribution < -0.4 is 0 Å². The molecule has 2 saturated heterocycles. The van der Waals surface area contributed by atoms with Crippen LogP contribution >= 0.6 is 0 Å². The summed E-state index contributed by atoms with van der Waals surface area (Å²) in [5.41, 5.74) is 4.01. The molecule has 11 atom stereocenters. The molecular weight excluding hydrogens is 901 g/mol. The Balaban J connectivity index is 1.26. The number of ether oxygens (including phenoxy) is 12. The molecule has 15 heteroatoms. The zero-order valence-electron chi connectivity index (χ0n) is 39.9. The van der Waals surface area contributed by atoms with Gasteiger partial charge in [-0.25, -0.2) is 4.79 Å². The fraction of sp³-hybridized carbons (Fsp3) is 0.400. The van der Waals surface area contributed by atoms with E-state index in [9.17, 15) is 14.4 Å². The predicted molar refractivity (Wildman–Crippen MR) is 253 cm³/mol. The van der Waals surface area contributed by atoms with Gasteiger partial charge in [-0.3, -0.25) is 9.59 Å². The molecule has 0 saturated carbocycles. The van der Waals surface area contributed by atoms with E-state index in [0.29, 0.717) is 5.56 Å². The van der Waals surface area contributed by atoms with E-state index in [-0.39, 0.29) is 46.2 Å². The topological polar surface area (TPSA) is 162 Å². The lowest BCUT2D eigenvalue weighted by molar-refractivity contribution is -0.349. The zero-order chi connectivity index (χ0) is 49.1. The Labute approximate surface area is 409 Å². The van der Waals surface area contributed by atoms with Gasteiger partial charge in [-0.2, -0.15) is 0 Å². The standard InChI is InChI=1S/C55H62O15/c1-5-60-53(58)46(43-29-19-10-20-30-43)70-52-50(67-38(3)57)48(63-32-40-23-13-7-14-24-40)44(35-61-37(2)56)69-55(52)66-36-45-47(62-31-39-21-11-6-12-22-39)49(64-33-41-25-15-8-16-26-41)51(54(59-4)68-45)65-34-42-27-17-9-18-28-42/h6-30,44-52,54-55H,5,31-36H2,1-4H3/t44-,45-,46+,47-,48-,49+,50+,51-,52-,54+,55-/m1/s1. The molecule has 5 aromatic rings.